The maximum Gasteiger partial charge on any atom is 0.0561 e. The number of nitrogens with one attached hydrogen (secondary N) is 1. The summed E-state index contributed by atoms with van der Waals surface area (Å²) in [5, 5.41) is 7.75. The SMILES string of the molecule is CCCNC(CC(C)OC)c1cnn(C)c1. The van der Waals surface area contributed by atoms with E-state index in [0.29, 0.717) is 6.04 Å². The Kier molecular flexibility index (Phi) is 5.49. The molecule has 2 atom stereocenters. The number of methoxy groups -OCH3 is 1. The van der Waals surface area contributed by atoms with Crippen LogP contribution in [0, 0.1) is 0 Å². The molecule has 0 saturated carbocycles. The standard InChI is InChI=1S/C12H23N3O/c1-5-6-13-12(7-10(2)16-4)11-8-14-15(3)9-11/h8-10,12-13H,5-7H2,1-4H3. The van der Waals surface area contributed by atoms with Crippen LogP contribution < -0.4 is 5.32 Å². The lowest BCUT2D eigenvalue weighted by Crippen LogP contribution is -2.25. The van der Waals surface area contributed by atoms with Crippen molar-refractivity contribution in [3.05, 3.63) is 18.0 Å². The zero-order chi connectivity index (χ0) is 12.0. The van der Waals surface area contributed by atoms with Gasteiger partial charge >= 0.3 is 0 Å². The lowest BCUT2D eigenvalue weighted by Gasteiger charge is -2.20. The van der Waals surface area contributed by atoms with Crippen LogP contribution in [0.25, 0.3) is 0 Å². The van der Waals surface area contributed by atoms with Crippen LogP contribution >= 0.6 is 0 Å². The van der Waals surface area contributed by atoms with E-state index < -0.39 is 0 Å². The molecular formula is C12H23N3O. The van der Waals surface area contributed by atoms with Crippen molar-refractivity contribution in [2.75, 3.05) is 13.7 Å². The predicted octanol–water partition coefficient (Wildman–Crippen LogP) is 1.89. The molecule has 0 fully saturated rings. The minimum atomic E-state index is 0.259. The summed E-state index contributed by atoms with van der Waals surface area (Å²) in [6.07, 6.45) is 6.36. The molecule has 92 valence electrons. The van der Waals surface area contributed by atoms with E-state index in [1.807, 2.05) is 17.9 Å². The van der Waals surface area contributed by atoms with E-state index in [9.17, 15) is 0 Å². The summed E-state index contributed by atoms with van der Waals surface area (Å²) in [4.78, 5) is 0. The zero-order valence-corrected chi connectivity index (χ0v) is 10.7. The summed E-state index contributed by atoms with van der Waals surface area (Å²) in [6, 6.07) is 0.337. The van der Waals surface area contributed by atoms with Crippen molar-refractivity contribution in [1.82, 2.24) is 15.1 Å². The molecule has 0 aliphatic carbocycles. The number of rotatable bonds is 7. The van der Waals surface area contributed by atoms with Gasteiger partial charge in [0.1, 0.15) is 0 Å². The van der Waals surface area contributed by atoms with E-state index in [4.69, 9.17) is 4.74 Å². The molecule has 0 aromatic carbocycles. The average molecular weight is 225 g/mol. The van der Waals surface area contributed by atoms with E-state index >= 15 is 0 Å². The third-order valence-corrected chi connectivity index (χ3v) is 2.74. The van der Waals surface area contributed by atoms with Gasteiger partial charge in [0.05, 0.1) is 12.3 Å². The first-order chi connectivity index (χ1) is 7.67. The van der Waals surface area contributed by atoms with Gasteiger partial charge < -0.3 is 10.1 Å². The van der Waals surface area contributed by atoms with Crippen molar-refractivity contribution in [2.45, 2.75) is 38.8 Å². The van der Waals surface area contributed by atoms with Crippen LogP contribution in [0.4, 0.5) is 0 Å². The average Bonchev–Trinajstić information content (AvgIpc) is 2.70. The van der Waals surface area contributed by atoms with E-state index in [1.165, 1.54) is 5.56 Å². The number of aromatic nitrogens is 2. The number of hydrogen-bond acceptors (Lipinski definition) is 3. The topological polar surface area (TPSA) is 39.1 Å². The summed E-state index contributed by atoms with van der Waals surface area (Å²) < 4.78 is 7.16. The summed E-state index contributed by atoms with van der Waals surface area (Å²) in [5.41, 5.74) is 1.24. The molecule has 16 heavy (non-hydrogen) atoms. The molecule has 1 rings (SSSR count). The molecule has 0 radical (unpaired) electrons. The summed E-state index contributed by atoms with van der Waals surface area (Å²) in [5.74, 6) is 0. The van der Waals surface area contributed by atoms with E-state index in [1.54, 1.807) is 7.11 Å². The van der Waals surface area contributed by atoms with Gasteiger partial charge in [-0.2, -0.15) is 5.10 Å². The molecule has 4 heteroatoms. The number of hydrogen-bond donors (Lipinski definition) is 1. The maximum atomic E-state index is 5.32. The first-order valence-corrected chi connectivity index (χ1v) is 5.92. The molecule has 0 aliphatic heterocycles. The lowest BCUT2D eigenvalue weighted by molar-refractivity contribution is 0.100. The molecule has 1 aromatic heterocycles. The smallest absolute Gasteiger partial charge is 0.0561 e. The molecule has 0 bridgehead atoms. The molecule has 0 spiro atoms. The van der Waals surface area contributed by atoms with Gasteiger partial charge in [0.25, 0.3) is 0 Å². The highest BCUT2D eigenvalue weighted by Crippen LogP contribution is 2.18. The number of ether oxygens (including phenoxy) is 1. The van der Waals surface area contributed by atoms with Crippen LogP contribution in [-0.4, -0.2) is 29.5 Å². The Labute approximate surface area is 98.0 Å². The molecular weight excluding hydrogens is 202 g/mol. The summed E-state index contributed by atoms with van der Waals surface area (Å²) >= 11 is 0. The third-order valence-electron chi connectivity index (χ3n) is 2.74. The van der Waals surface area contributed by atoms with Crippen LogP contribution in [0.1, 0.15) is 38.3 Å². The van der Waals surface area contributed by atoms with Gasteiger partial charge in [-0.15, -0.1) is 0 Å². The highest BCUT2D eigenvalue weighted by molar-refractivity contribution is 5.10. The fourth-order valence-corrected chi connectivity index (χ4v) is 1.70. The van der Waals surface area contributed by atoms with Crippen LogP contribution in [0.3, 0.4) is 0 Å². The Hall–Kier alpha value is -0.870. The lowest BCUT2D eigenvalue weighted by atomic mass is 10.0. The molecule has 0 aliphatic rings. The Balaban J connectivity index is 2.62. The number of aryl methyl sites for hydroxylation is 1. The minimum absolute atomic E-state index is 0.259. The highest BCUT2D eigenvalue weighted by atomic mass is 16.5. The predicted molar refractivity (Wildman–Crippen MR) is 65.3 cm³/mol. The third kappa shape index (κ3) is 3.94. The van der Waals surface area contributed by atoms with Gasteiger partial charge in [-0.1, -0.05) is 6.92 Å². The van der Waals surface area contributed by atoms with E-state index in [-0.39, 0.29) is 6.10 Å². The van der Waals surface area contributed by atoms with Crippen molar-refractivity contribution < 1.29 is 4.74 Å². The molecule has 4 nitrogen and oxygen atoms in total. The monoisotopic (exact) mass is 225 g/mol. The maximum absolute atomic E-state index is 5.32. The van der Waals surface area contributed by atoms with Crippen molar-refractivity contribution in [1.29, 1.82) is 0 Å². The van der Waals surface area contributed by atoms with Crippen molar-refractivity contribution in [2.24, 2.45) is 7.05 Å². The van der Waals surface area contributed by atoms with Crippen LogP contribution in [0.5, 0.6) is 0 Å². The molecule has 1 heterocycles. The Morgan fingerprint density at radius 1 is 1.56 bits per heavy atom. The highest BCUT2D eigenvalue weighted by Gasteiger charge is 2.15. The van der Waals surface area contributed by atoms with Gasteiger partial charge in [-0.3, -0.25) is 4.68 Å². The number of nitrogens with zero attached hydrogens (tertiary/aromatic N) is 2. The minimum Gasteiger partial charge on any atom is -0.382 e. The summed E-state index contributed by atoms with van der Waals surface area (Å²) in [7, 11) is 3.70. The fourth-order valence-electron chi connectivity index (χ4n) is 1.70. The van der Waals surface area contributed by atoms with Gasteiger partial charge in [0, 0.05) is 32.0 Å². The first-order valence-electron chi connectivity index (χ1n) is 5.92. The molecule has 0 saturated heterocycles. The summed E-state index contributed by atoms with van der Waals surface area (Å²) in [6.45, 7) is 5.29. The first kappa shape index (κ1) is 13.2. The van der Waals surface area contributed by atoms with Crippen LogP contribution in [0.15, 0.2) is 12.4 Å². The quantitative estimate of drug-likeness (QED) is 0.770. The van der Waals surface area contributed by atoms with Gasteiger partial charge in [-0.25, -0.2) is 0 Å². The van der Waals surface area contributed by atoms with Gasteiger partial charge in [0.2, 0.25) is 0 Å². The van der Waals surface area contributed by atoms with Crippen LogP contribution in [-0.2, 0) is 11.8 Å². The Morgan fingerprint density at radius 2 is 2.31 bits per heavy atom. The second-order valence-electron chi connectivity index (χ2n) is 4.24. The van der Waals surface area contributed by atoms with Crippen molar-refractivity contribution in [3.63, 3.8) is 0 Å². The fraction of sp³-hybridized carbons (Fsp3) is 0.750. The van der Waals surface area contributed by atoms with Crippen molar-refractivity contribution in [3.8, 4) is 0 Å². The van der Waals surface area contributed by atoms with Gasteiger partial charge in [-0.05, 0) is 26.3 Å². The van der Waals surface area contributed by atoms with Crippen molar-refractivity contribution >= 4 is 0 Å². The van der Waals surface area contributed by atoms with E-state index in [2.05, 4.69) is 30.5 Å². The van der Waals surface area contributed by atoms with Crippen LogP contribution in [0.2, 0.25) is 0 Å². The largest absolute Gasteiger partial charge is 0.382 e. The molecule has 1 aromatic rings. The Bertz CT molecular complexity index is 298. The second kappa shape index (κ2) is 6.66. The molecule has 1 N–H and O–H groups in total. The second-order valence-corrected chi connectivity index (χ2v) is 4.24. The zero-order valence-electron chi connectivity index (χ0n) is 10.7. The Morgan fingerprint density at radius 3 is 2.81 bits per heavy atom. The normalized spacial score (nSPS) is 15.0. The van der Waals surface area contributed by atoms with Gasteiger partial charge in [0.15, 0.2) is 0 Å². The molecule has 2 unspecified atom stereocenters. The van der Waals surface area contributed by atoms with E-state index in [0.717, 1.165) is 19.4 Å². The molecule has 0 amide bonds.